The van der Waals surface area contributed by atoms with E-state index in [2.05, 4.69) is 21.2 Å². The molecule has 0 bridgehead atoms. The van der Waals surface area contributed by atoms with Crippen LogP contribution in [0.3, 0.4) is 0 Å². The molecule has 1 aromatic rings. The molecule has 0 saturated heterocycles. The van der Waals surface area contributed by atoms with Gasteiger partial charge in [-0.25, -0.2) is 4.39 Å². The third-order valence-electron chi connectivity index (χ3n) is 3.16. The van der Waals surface area contributed by atoms with Crippen molar-refractivity contribution < 1.29 is 9.18 Å². The molecule has 0 aromatic heterocycles. The summed E-state index contributed by atoms with van der Waals surface area (Å²) >= 11 is 3.07. The Morgan fingerprint density at radius 1 is 1.41 bits per heavy atom. The van der Waals surface area contributed by atoms with E-state index in [4.69, 9.17) is 0 Å². The topological polar surface area (TPSA) is 29.1 Å². The molecule has 4 heteroatoms. The first-order chi connectivity index (χ1) is 7.91. The Bertz CT molecular complexity index is 416. The summed E-state index contributed by atoms with van der Waals surface area (Å²) in [4.78, 5) is 12.0. The maximum Gasteiger partial charge on any atom is 0.251 e. The number of amides is 1. The Hall–Kier alpha value is -0.900. The standard InChI is InChI=1S/C13H17BrFNO/c1-4-13(3,5-2)16-12(17)9-6-7-11(15)10(14)8-9/h6-8H,4-5H2,1-3H3,(H,16,17). The van der Waals surface area contributed by atoms with E-state index in [1.165, 1.54) is 18.2 Å². The quantitative estimate of drug-likeness (QED) is 0.898. The van der Waals surface area contributed by atoms with Gasteiger partial charge in [-0.15, -0.1) is 0 Å². The molecule has 0 radical (unpaired) electrons. The van der Waals surface area contributed by atoms with E-state index in [1.54, 1.807) is 0 Å². The van der Waals surface area contributed by atoms with E-state index < -0.39 is 0 Å². The molecule has 0 unspecified atom stereocenters. The van der Waals surface area contributed by atoms with Crippen molar-refractivity contribution >= 4 is 21.8 Å². The molecule has 94 valence electrons. The molecular weight excluding hydrogens is 285 g/mol. The van der Waals surface area contributed by atoms with Crippen molar-refractivity contribution in [2.45, 2.75) is 39.2 Å². The van der Waals surface area contributed by atoms with Crippen LogP contribution in [-0.4, -0.2) is 11.4 Å². The predicted molar refractivity (Wildman–Crippen MR) is 70.6 cm³/mol. The highest BCUT2D eigenvalue weighted by Gasteiger charge is 2.22. The molecule has 0 saturated carbocycles. The number of hydrogen-bond donors (Lipinski definition) is 1. The second-order valence-electron chi connectivity index (χ2n) is 4.35. The lowest BCUT2D eigenvalue weighted by molar-refractivity contribution is 0.0901. The lowest BCUT2D eigenvalue weighted by atomic mass is 9.95. The molecule has 1 N–H and O–H groups in total. The van der Waals surface area contributed by atoms with Gasteiger partial charge in [0.05, 0.1) is 4.47 Å². The monoisotopic (exact) mass is 301 g/mol. The molecule has 0 aliphatic carbocycles. The fourth-order valence-electron chi connectivity index (χ4n) is 1.41. The van der Waals surface area contributed by atoms with Crippen molar-refractivity contribution in [1.29, 1.82) is 0 Å². The first kappa shape index (κ1) is 14.2. The molecular formula is C13H17BrFNO. The van der Waals surface area contributed by atoms with Crippen LogP contribution in [0.5, 0.6) is 0 Å². The van der Waals surface area contributed by atoms with Gasteiger partial charge in [0, 0.05) is 11.1 Å². The minimum absolute atomic E-state index is 0.170. The molecule has 0 spiro atoms. The molecule has 1 amide bonds. The average Bonchev–Trinajstić information content (AvgIpc) is 2.32. The van der Waals surface area contributed by atoms with Gasteiger partial charge in [-0.05, 0) is 53.9 Å². The summed E-state index contributed by atoms with van der Waals surface area (Å²) in [7, 11) is 0. The first-order valence-electron chi connectivity index (χ1n) is 5.69. The number of rotatable bonds is 4. The number of nitrogens with one attached hydrogen (secondary N) is 1. The van der Waals surface area contributed by atoms with Crippen molar-refractivity contribution in [2.24, 2.45) is 0 Å². The van der Waals surface area contributed by atoms with Gasteiger partial charge in [0.2, 0.25) is 0 Å². The molecule has 2 nitrogen and oxygen atoms in total. The normalized spacial score (nSPS) is 11.4. The van der Waals surface area contributed by atoms with E-state index in [9.17, 15) is 9.18 Å². The highest BCUT2D eigenvalue weighted by Crippen LogP contribution is 2.19. The average molecular weight is 302 g/mol. The van der Waals surface area contributed by atoms with Crippen molar-refractivity contribution in [3.05, 3.63) is 34.1 Å². The zero-order valence-electron chi connectivity index (χ0n) is 10.3. The van der Waals surface area contributed by atoms with Crippen LogP contribution in [0.25, 0.3) is 0 Å². The summed E-state index contributed by atoms with van der Waals surface area (Å²) in [6.07, 6.45) is 1.72. The highest BCUT2D eigenvalue weighted by molar-refractivity contribution is 9.10. The van der Waals surface area contributed by atoms with Crippen LogP contribution in [-0.2, 0) is 0 Å². The van der Waals surface area contributed by atoms with E-state index >= 15 is 0 Å². The molecule has 0 atom stereocenters. The Kier molecular flexibility index (Phi) is 4.69. The van der Waals surface area contributed by atoms with Gasteiger partial charge < -0.3 is 5.32 Å². The van der Waals surface area contributed by atoms with Crippen molar-refractivity contribution in [3.8, 4) is 0 Å². The van der Waals surface area contributed by atoms with Gasteiger partial charge in [0.25, 0.3) is 5.91 Å². The van der Waals surface area contributed by atoms with Gasteiger partial charge in [0.15, 0.2) is 0 Å². The predicted octanol–water partition coefficient (Wildman–Crippen LogP) is 3.90. The zero-order valence-corrected chi connectivity index (χ0v) is 11.9. The van der Waals surface area contributed by atoms with Gasteiger partial charge in [-0.1, -0.05) is 13.8 Å². The lowest BCUT2D eigenvalue weighted by Crippen LogP contribution is -2.44. The molecule has 1 aromatic carbocycles. The lowest BCUT2D eigenvalue weighted by Gasteiger charge is -2.28. The summed E-state index contributed by atoms with van der Waals surface area (Å²) in [6, 6.07) is 4.27. The van der Waals surface area contributed by atoms with Crippen LogP contribution < -0.4 is 5.32 Å². The summed E-state index contributed by atoms with van der Waals surface area (Å²) < 4.78 is 13.4. The van der Waals surface area contributed by atoms with Crippen molar-refractivity contribution in [1.82, 2.24) is 5.32 Å². The zero-order chi connectivity index (χ0) is 13.1. The maximum absolute atomic E-state index is 13.1. The molecule has 0 aliphatic heterocycles. The second-order valence-corrected chi connectivity index (χ2v) is 5.21. The van der Waals surface area contributed by atoms with Gasteiger partial charge in [-0.3, -0.25) is 4.79 Å². The minimum Gasteiger partial charge on any atom is -0.347 e. The fraction of sp³-hybridized carbons (Fsp3) is 0.462. The van der Waals surface area contributed by atoms with Crippen LogP contribution in [0.15, 0.2) is 22.7 Å². The minimum atomic E-state index is -0.365. The number of hydrogen-bond acceptors (Lipinski definition) is 1. The Labute approximate surface area is 110 Å². The Morgan fingerprint density at radius 2 is 2.00 bits per heavy atom. The summed E-state index contributed by atoms with van der Waals surface area (Å²) in [5.41, 5.74) is 0.254. The van der Waals surface area contributed by atoms with Crippen LogP contribution in [0.2, 0.25) is 0 Å². The highest BCUT2D eigenvalue weighted by atomic mass is 79.9. The van der Waals surface area contributed by atoms with Gasteiger partial charge in [0.1, 0.15) is 5.82 Å². The SMILES string of the molecule is CCC(C)(CC)NC(=O)c1ccc(F)c(Br)c1. The third-order valence-corrected chi connectivity index (χ3v) is 3.77. The Morgan fingerprint density at radius 3 is 2.47 bits per heavy atom. The molecule has 0 heterocycles. The van der Waals surface area contributed by atoms with Gasteiger partial charge in [-0.2, -0.15) is 0 Å². The fourth-order valence-corrected chi connectivity index (χ4v) is 1.79. The Balaban J connectivity index is 2.86. The van der Waals surface area contributed by atoms with E-state index in [1.807, 2.05) is 20.8 Å². The molecule has 17 heavy (non-hydrogen) atoms. The number of carbonyl (C=O) groups is 1. The molecule has 0 fully saturated rings. The molecule has 1 rings (SSSR count). The van der Waals surface area contributed by atoms with E-state index in [0.29, 0.717) is 10.0 Å². The summed E-state index contributed by atoms with van der Waals surface area (Å²) in [6.45, 7) is 6.07. The molecule has 0 aliphatic rings. The van der Waals surface area contributed by atoms with Crippen molar-refractivity contribution in [2.75, 3.05) is 0 Å². The van der Waals surface area contributed by atoms with Crippen LogP contribution in [0.4, 0.5) is 4.39 Å². The van der Waals surface area contributed by atoms with Crippen LogP contribution in [0, 0.1) is 5.82 Å². The van der Waals surface area contributed by atoms with E-state index in [-0.39, 0.29) is 17.3 Å². The number of carbonyl (C=O) groups excluding carboxylic acids is 1. The number of halogens is 2. The van der Waals surface area contributed by atoms with Crippen LogP contribution in [0.1, 0.15) is 44.0 Å². The second kappa shape index (κ2) is 5.63. The summed E-state index contributed by atoms with van der Waals surface area (Å²) in [5.74, 6) is -0.535. The van der Waals surface area contributed by atoms with Crippen molar-refractivity contribution in [3.63, 3.8) is 0 Å². The van der Waals surface area contributed by atoms with Crippen LogP contribution >= 0.6 is 15.9 Å². The first-order valence-corrected chi connectivity index (χ1v) is 6.48. The smallest absolute Gasteiger partial charge is 0.251 e. The third kappa shape index (κ3) is 3.53. The largest absolute Gasteiger partial charge is 0.347 e. The maximum atomic E-state index is 13.1. The summed E-state index contributed by atoms with van der Waals surface area (Å²) in [5, 5.41) is 2.97. The van der Waals surface area contributed by atoms with E-state index in [0.717, 1.165) is 12.8 Å². The number of benzene rings is 1. The van der Waals surface area contributed by atoms with Gasteiger partial charge >= 0.3 is 0 Å².